The van der Waals surface area contributed by atoms with Crippen LogP contribution in [0, 0.1) is 6.92 Å². The maximum Gasteiger partial charge on any atom is 0.238 e. The summed E-state index contributed by atoms with van der Waals surface area (Å²) in [6.45, 7) is 9.58. The molecule has 0 saturated carbocycles. The number of piperazine rings is 1. The predicted octanol–water partition coefficient (Wildman–Crippen LogP) is 1.53. The van der Waals surface area contributed by atoms with E-state index >= 15 is 0 Å². The molecule has 1 saturated heterocycles. The molecule has 1 amide bonds. The first-order valence-electron chi connectivity index (χ1n) is 6.94. The molecule has 2 rings (SSSR count). The van der Waals surface area contributed by atoms with Crippen LogP contribution in [0.2, 0.25) is 0 Å². The van der Waals surface area contributed by atoms with Gasteiger partial charge in [-0.3, -0.25) is 9.69 Å². The molecular weight excluding hydrogens is 258 g/mol. The fourth-order valence-electron chi connectivity index (χ4n) is 2.56. The summed E-state index contributed by atoms with van der Waals surface area (Å²) < 4.78 is 0. The van der Waals surface area contributed by atoms with E-state index in [0.717, 1.165) is 19.6 Å². The quantitative estimate of drug-likeness (QED) is 0.879. The summed E-state index contributed by atoms with van der Waals surface area (Å²) in [5, 5.41) is 6.26. The SMILES string of the molecule is CCNC(=O)C1CNCCN1C(C)c1ccc(C)s1. The number of carbonyl (C=O) groups is 1. The van der Waals surface area contributed by atoms with Gasteiger partial charge in [-0.15, -0.1) is 11.3 Å². The molecule has 0 aromatic carbocycles. The van der Waals surface area contributed by atoms with E-state index in [1.54, 1.807) is 0 Å². The Morgan fingerprint density at radius 3 is 3.05 bits per heavy atom. The molecule has 0 aliphatic carbocycles. The lowest BCUT2D eigenvalue weighted by atomic mass is 10.1. The highest BCUT2D eigenvalue weighted by molar-refractivity contribution is 7.12. The van der Waals surface area contributed by atoms with Crippen LogP contribution in [0.15, 0.2) is 12.1 Å². The highest BCUT2D eigenvalue weighted by atomic mass is 32.1. The summed E-state index contributed by atoms with van der Waals surface area (Å²) in [4.78, 5) is 17.1. The van der Waals surface area contributed by atoms with Crippen LogP contribution in [0.3, 0.4) is 0 Å². The largest absolute Gasteiger partial charge is 0.355 e. The molecule has 1 aliphatic heterocycles. The molecule has 2 atom stereocenters. The molecule has 1 aromatic heterocycles. The number of carbonyl (C=O) groups excluding carboxylic acids is 1. The van der Waals surface area contributed by atoms with Crippen molar-refractivity contribution in [2.75, 3.05) is 26.2 Å². The smallest absolute Gasteiger partial charge is 0.238 e. The average molecular weight is 281 g/mol. The van der Waals surface area contributed by atoms with Crippen LogP contribution in [-0.4, -0.2) is 43.0 Å². The molecule has 1 fully saturated rings. The molecule has 4 nitrogen and oxygen atoms in total. The minimum absolute atomic E-state index is 0.0638. The molecule has 2 heterocycles. The lowest BCUT2D eigenvalue weighted by Gasteiger charge is -2.38. The molecule has 106 valence electrons. The Hall–Kier alpha value is -0.910. The van der Waals surface area contributed by atoms with Crippen LogP contribution in [0.4, 0.5) is 0 Å². The van der Waals surface area contributed by atoms with Crippen LogP contribution < -0.4 is 10.6 Å². The van der Waals surface area contributed by atoms with Crippen LogP contribution in [0.25, 0.3) is 0 Å². The summed E-state index contributed by atoms with van der Waals surface area (Å²) in [6.07, 6.45) is 0. The zero-order valence-corrected chi connectivity index (χ0v) is 12.7. The van der Waals surface area contributed by atoms with Gasteiger partial charge in [-0.25, -0.2) is 0 Å². The van der Waals surface area contributed by atoms with Gasteiger partial charge < -0.3 is 10.6 Å². The minimum atomic E-state index is -0.0638. The monoisotopic (exact) mass is 281 g/mol. The Morgan fingerprint density at radius 2 is 2.42 bits per heavy atom. The molecule has 1 aliphatic rings. The Kier molecular flexibility index (Phi) is 4.96. The summed E-state index contributed by atoms with van der Waals surface area (Å²) in [7, 11) is 0. The number of nitrogens with one attached hydrogen (secondary N) is 2. The van der Waals surface area contributed by atoms with E-state index in [0.29, 0.717) is 12.6 Å². The fraction of sp³-hybridized carbons (Fsp3) is 0.643. The van der Waals surface area contributed by atoms with Gasteiger partial charge in [-0.2, -0.15) is 0 Å². The first kappa shape index (κ1) is 14.5. The predicted molar refractivity (Wildman–Crippen MR) is 79.5 cm³/mol. The first-order chi connectivity index (χ1) is 9.13. The van der Waals surface area contributed by atoms with Gasteiger partial charge in [0, 0.05) is 42.0 Å². The van der Waals surface area contributed by atoms with Gasteiger partial charge in [0.05, 0.1) is 0 Å². The summed E-state index contributed by atoms with van der Waals surface area (Å²) in [5.41, 5.74) is 0. The second-order valence-corrected chi connectivity index (χ2v) is 6.30. The number of rotatable bonds is 4. The fourth-order valence-corrected chi connectivity index (χ4v) is 3.51. The maximum atomic E-state index is 12.2. The third-order valence-electron chi connectivity index (χ3n) is 3.61. The van der Waals surface area contributed by atoms with Crippen molar-refractivity contribution in [3.8, 4) is 0 Å². The zero-order chi connectivity index (χ0) is 13.8. The highest BCUT2D eigenvalue weighted by Gasteiger charge is 2.32. The van der Waals surface area contributed by atoms with Crippen LogP contribution in [0.5, 0.6) is 0 Å². The molecule has 0 bridgehead atoms. The van der Waals surface area contributed by atoms with Crippen LogP contribution >= 0.6 is 11.3 Å². The summed E-state index contributed by atoms with van der Waals surface area (Å²) >= 11 is 1.82. The topological polar surface area (TPSA) is 44.4 Å². The van der Waals surface area contributed by atoms with Crippen molar-refractivity contribution >= 4 is 17.2 Å². The lowest BCUT2D eigenvalue weighted by molar-refractivity contribution is -0.127. The average Bonchev–Trinajstić information content (AvgIpc) is 2.85. The summed E-state index contributed by atoms with van der Waals surface area (Å²) in [6, 6.07) is 4.57. The van der Waals surface area contributed by atoms with Gasteiger partial charge in [0.25, 0.3) is 0 Å². The van der Waals surface area contributed by atoms with Crippen molar-refractivity contribution in [3.05, 3.63) is 21.9 Å². The molecule has 0 radical (unpaired) electrons. The third-order valence-corrected chi connectivity index (χ3v) is 4.78. The maximum absolute atomic E-state index is 12.2. The standard InChI is InChI=1S/C14H23N3OS/c1-4-16-14(18)12-9-15-7-8-17(12)11(3)13-6-5-10(2)19-13/h5-6,11-12,15H,4,7-9H2,1-3H3,(H,16,18). The number of likely N-dealkylation sites (N-methyl/N-ethyl adjacent to an activating group) is 1. The van der Waals surface area contributed by atoms with Gasteiger partial charge in [-0.1, -0.05) is 0 Å². The Bertz CT molecular complexity index is 432. The van der Waals surface area contributed by atoms with Crippen molar-refractivity contribution in [2.24, 2.45) is 0 Å². The first-order valence-corrected chi connectivity index (χ1v) is 7.75. The van der Waals surface area contributed by atoms with E-state index in [-0.39, 0.29) is 11.9 Å². The number of aryl methyl sites for hydroxylation is 1. The van der Waals surface area contributed by atoms with Crippen molar-refractivity contribution in [1.29, 1.82) is 0 Å². The van der Waals surface area contributed by atoms with Crippen molar-refractivity contribution in [3.63, 3.8) is 0 Å². The van der Waals surface area contributed by atoms with E-state index in [1.807, 2.05) is 18.3 Å². The number of thiophene rings is 1. The number of hydrogen-bond acceptors (Lipinski definition) is 4. The molecular formula is C14H23N3OS. The van der Waals surface area contributed by atoms with Crippen LogP contribution in [-0.2, 0) is 4.79 Å². The third kappa shape index (κ3) is 3.35. The Balaban J connectivity index is 2.12. The van der Waals surface area contributed by atoms with E-state index in [2.05, 4.69) is 41.5 Å². The van der Waals surface area contributed by atoms with Gasteiger partial charge >= 0.3 is 0 Å². The van der Waals surface area contributed by atoms with Crippen molar-refractivity contribution in [1.82, 2.24) is 15.5 Å². The van der Waals surface area contributed by atoms with Gasteiger partial charge in [0.15, 0.2) is 0 Å². The Labute approximate surface area is 119 Å². The highest BCUT2D eigenvalue weighted by Crippen LogP contribution is 2.29. The van der Waals surface area contributed by atoms with E-state index in [1.165, 1.54) is 9.75 Å². The summed E-state index contributed by atoms with van der Waals surface area (Å²) in [5.74, 6) is 0.134. The van der Waals surface area contributed by atoms with Gasteiger partial charge in [0.2, 0.25) is 5.91 Å². The van der Waals surface area contributed by atoms with Crippen molar-refractivity contribution in [2.45, 2.75) is 32.9 Å². The zero-order valence-electron chi connectivity index (χ0n) is 11.9. The second-order valence-electron chi connectivity index (χ2n) is 4.98. The Morgan fingerprint density at radius 1 is 1.63 bits per heavy atom. The van der Waals surface area contributed by atoms with Gasteiger partial charge in [-0.05, 0) is 32.9 Å². The van der Waals surface area contributed by atoms with E-state index in [4.69, 9.17) is 0 Å². The molecule has 5 heteroatoms. The molecule has 19 heavy (non-hydrogen) atoms. The molecule has 2 N–H and O–H groups in total. The second kappa shape index (κ2) is 6.50. The number of amides is 1. The minimum Gasteiger partial charge on any atom is -0.355 e. The van der Waals surface area contributed by atoms with Crippen molar-refractivity contribution < 1.29 is 4.79 Å². The number of nitrogens with zero attached hydrogens (tertiary/aromatic N) is 1. The van der Waals surface area contributed by atoms with Crippen LogP contribution in [0.1, 0.15) is 29.6 Å². The molecule has 1 aromatic rings. The van der Waals surface area contributed by atoms with E-state index in [9.17, 15) is 4.79 Å². The van der Waals surface area contributed by atoms with E-state index < -0.39 is 0 Å². The molecule has 0 spiro atoms. The molecule has 2 unspecified atom stereocenters. The lowest BCUT2D eigenvalue weighted by Crippen LogP contribution is -2.58. The number of hydrogen-bond donors (Lipinski definition) is 2. The normalized spacial score (nSPS) is 22.2. The van der Waals surface area contributed by atoms with Gasteiger partial charge in [0.1, 0.15) is 6.04 Å².